The molecule has 1 aromatic heterocycles. The SMILES string of the molecule is FC(F)c1ncc(Cl)c(I)c1CCl. The van der Waals surface area contributed by atoms with Crippen LogP contribution >= 0.6 is 45.8 Å². The fourth-order valence-corrected chi connectivity index (χ4v) is 2.10. The van der Waals surface area contributed by atoms with Crippen LogP contribution in [0.1, 0.15) is 17.7 Å². The lowest BCUT2D eigenvalue weighted by atomic mass is 10.2. The van der Waals surface area contributed by atoms with E-state index in [1.54, 1.807) is 0 Å². The van der Waals surface area contributed by atoms with Gasteiger partial charge in [-0.3, -0.25) is 4.98 Å². The summed E-state index contributed by atoms with van der Waals surface area (Å²) in [5, 5.41) is 0.348. The maximum atomic E-state index is 12.4. The van der Waals surface area contributed by atoms with E-state index in [4.69, 9.17) is 23.2 Å². The average molecular weight is 338 g/mol. The standard InChI is InChI=1S/C7H4Cl2F2IN/c8-1-3-5(12)4(9)2-13-6(3)7(10)11/h2,7H,1H2. The van der Waals surface area contributed by atoms with Crippen molar-refractivity contribution in [2.45, 2.75) is 12.3 Å². The second-order valence-electron chi connectivity index (χ2n) is 2.22. The van der Waals surface area contributed by atoms with E-state index in [0.717, 1.165) is 0 Å². The zero-order valence-corrected chi connectivity index (χ0v) is 9.87. The van der Waals surface area contributed by atoms with E-state index in [-0.39, 0.29) is 11.6 Å². The second-order valence-corrected chi connectivity index (χ2v) is 3.97. The van der Waals surface area contributed by atoms with Crippen molar-refractivity contribution in [3.63, 3.8) is 0 Å². The predicted octanol–water partition coefficient (Wildman–Crippen LogP) is 4.02. The number of hydrogen-bond acceptors (Lipinski definition) is 1. The molecule has 6 heteroatoms. The van der Waals surface area contributed by atoms with Gasteiger partial charge in [-0.25, -0.2) is 8.78 Å². The van der Waals surface area contributed by atoms with E-state index in [0.29, 0.717) is 14.2 Å². The lowest BCUT2D eigenvalue weighted by Gasteiger charge is -2.08. The summed E-state index contributed by atoms with van der Waals surface area (Å²) in [6.45, 7) is 0. The molecule has 0 aliphatic rings. The molecule has 0 atom stereocenters. The van der Waals surface area contributed by atoms with Gasteiger partial charge in [-0.15, -0.1) is 11.6 Å². The van der Waals surface area contributed by atoms with Crippen molar-refractivity contribution in [2.75, 3.05) is 0 Å². The first-order chi connectivity index (χ1) is 6.07. The quantitative estimate of drug-likeness (QED) is 0.587. The van der Waals surface area contributed by atoms with Crippen LogP contribution in [0.5, 0.6) is 0 Å². The molecule has 0 bridgehead atoms. The molecule has 0 aromatic carbocycles. The number of halogens is 5. The first-order valence-electron chi connectivity index (χ1n) is 3.24. The van der Waals surface area contributed by atoms with Gasteiger partial charge in [0.05, 0.1) is 10.9 Å². The van der Waals surface area contributed by atoms with Crippen LogP contribution in [-0.2, 0) is 5.88 Å². The second kappa shape index (κ2) is 4.70. The highest BCUT2D eigenvalue weighted by atomic mass is 127. The van der Waals surface area contributed by atoms with Crippen LogP contribution in [-0.4, -0.2) is 4.98 Å². The topological polar surface area (TPSA) is 12.9 Å². The molecule has 0 aliphatic carbocycles. The Morgan fingerprint density at radius 2 is 2.15 bits per heavy atom. The Labute approximate surface area is 97.6 Å². The first-order valence-corrected chi connectivity index (χ1v) is 5.24. The molecule has 0 radical (unpaired) electrons. The molecule has 13 heavy (non-hydrogen) atoms. The summed E-state index contributed by atoms with van der Waals surface area (Å²) in [7, 11) is 0. The third-order valence-electron chi connectivity index (χ3n) is 1.44. The molecule has 0 spiro atoms. The molecule has 0 amide bonds. The molecular weight excluding hydrogens is 334 g/mol. The molecule has 1 rings (SSSR count). The minimum Gasteiger partial charge on any atom is -0.253 e. The first kappa shape index (κ1) is 11.4. The molecule has 0 N–H and O–H groups in total. The Morgan fingerprint density at radius 3 is 2.62 bits per heavy atom. The molecule has 72 valence electrons. The van der Waals surface area contributed by atoms with Crippen LogP contribution in [0.4, 0.5) is 8.78 Å². The highest BCUT2D eigenvalue weighted by Crippen LogP contribution is 2.29. The van der Waals surface area contributed by atoms with Crippen LogP contribution in [0, 0.1) is 3.57 Å². The number of alkyl halides is 3. The zero-order chi connectivity index (χ0) is 10.0. The Balaban J connectivity index is 3.30. The molecule has 0 saturated carbocycles. The number of hydrogen-bond donors (Lipinski definition) is 0. The van der Waals surface area contributed by atoms with E-state index in [2.05, 4.69) is 4.98 Å². The van der Waals surface area contributed by atoms with Crippen molar-refractivity contribution in [3.8, 4) is 0 Å². The fraction of sp³-hybridized carbons (Fsp3) is 0.286. The smallest absolute Gasteiger partial charge is 0.253 e. The van der Waals surface area contributed by atoms with E-state index < -0.39 is 6.43 Å². The van der Waals surface area contributed by atoms with Gasteiger partial charge in [0, 0.05) is 15.3 Å². The average Bonchev–Trinajstić information content (AvgIpc) is 2.09. The summed E-state index contributed by atoms with van der Waals surface area (Å²) in [6.07, 6.45) is -1.40. The third kappa shape index (κ3) is 2.41. The minimum atomic E-state index is -2.61. The van der Waals surface area contributed by atoms with Gasteiger partial charge in [0.2, 0.25) is 0 Å². The normalized spacial score (nSPS) is 10.9. The monoisotopic (exact) mass is 337 g/mol. The number of aromatic nitrogens is 1. The van der Waals surface area contributed by atoms with Gasteiger partial charge in [0.25, 0.3) is 6.43 Å². The Hall–Kier alpha value is 0.320. The van der Waals surface area contributed by atoms with Crippen molar-refractivity contribution >= 4 is 45.8 Å². The summed E-state index contributed by atoms with van der Waals surface area (Å²) in [5.74, 6) is -0.00843. The van der Waals surface area contributed by atoms with E-state index in [1.807, 2.05) is 22.6 Å². The summed E-state index contributed by atoms with van der Waals surface area (Å²) < 4.78 is 25.3. The van der Waals surface area contributed by atoms with E-state index in [9.17, 15) is 8.78 Å². The highest BCUT2D eigenvalue weighted by Gasteiger charge is 2.18. The highest BCUT2D eigenvalue weighted by molar-refractivity contribution is 14.1. The van der Waals surface area contributed by atoms with Crippen LogP contribution in [0.15, 0.2) is 6.20 Å². The maximum absolute atomic E-state index is 12.4. The predicted molar refractivity (Wildman–Crippen MR) is 56.5 cm³/mol. The lowest BCUT2D eigenvalue weighted by molar-refractivity contribution is 0.145. The van der Waals surface area contributed by atoms with Crippen molar-refractivity contribution < 1.29 is 8.78 Å². The fourth-order valence-electron chi connectivity index (χ4n) is 0.833. The summed E-state index contributed by atoms with van der Waals surface area (Å²) >= 11 is 13.1. The Morgan fingerprint density at radius 1 is 1.54 bits per heavy atom. The van der Waals surface area contributed by atoms with E-state index >= 15 is 0 Å². The van der Waals surface area contributed by atoms with Gasteiger partial charge in [0.1, 0.15) is 5.69 Å². The van der Waals surface area contributed by atoms with Gasteiger partial charge in [-0.05, 0) is 22.6 Å². The third-order valence-corrected chi connectivity index (χ3v) is 3.55. The van der Waals surface area contributed by atoms with Crippen LogP contribution < -0.4 is 0 Å². The van der Waals surface area contributed by atoms with Crippen molar-refractivity contribution in [2.24, 2.45) is 0 Å². The van der Waals surface area contributed by atoms with Gasteiger partial charge >= 0.3 is 0 Å². The Kier molecular flexibility index (Phi) is 4.12. The maximum Gasteiger partial charge on any atom is 0.280 e. The molecular formula is C7H4Cl2F2IN. The minimum absolute atomic E-state index is 0.00843. The Bertz CT molecular complexity index is 320. The number of pyridine rings is 1. The summed E-state index contributed by atoms with van der Waals surface area (Å²) in [4.78, 5) is 3.54. The zero-order valence-electron chi connectivity index (χ0n) is 6.20. The molecule has 1 nitrogen and oxygen atoms in total. The van der Waals surface area contributed by atoms with Gasteiger partial charge in [-0.1, -0.05) is 11.6 Å². The lowest BCUT2D eigenvalue weighted by Crippen LogP contribution is -1.99. The van der Waals surface area contributed by atoms with Crippen LogP contribution in [0.2, 0.25) is 5.02 Å². The van der Waals surface area contributed by atoms with Gasteiger partial charge in [0.15, 0.2) is 0 Å². The van der Waals surface area contributed by atoms with Gasteiger partial charge < -0.3 is 0 Å². The van der Waals surface area contributed by atoms with Crippen molar-refractivity contribution in [1.29, 1.82) is 0 Å². The summed E-state index contributed by atoms with van der Waals surface area (Å²) in [5.41, 5.74) is 0.0218. The molecule has 0 aliphatic heterocycles. The van der Waals surface area contributed by atoms with Crippen LogP contribution in [0.3, 0.4) is 0 Å². The molecule has 0 saturated heterocycles. The number of nitrogens with zero attached hydrogens (tertiary/aromatic N) is 1. The van der Waals surface area contributed by atoms with Crippen LogP contribution in [0.25, 0.3) is 0 Å². The largest absolute Gasteiger partial charge is 0.280 e. The summed E-state index contributed by atoms with van der Waals surface area (Å²) in [6, 6.07) is 0. The van der Waals surface area contributed by atoms with Crippen molar-refractivity contribution in [1.82, 2.24) is 4.98 Å². The van der Waals surface area contributed by atoms with Gasteiger partial charge in [-0.2, -0.15) is 0 Å². The van der Waals surface area contributed by atoms with E-state index in [1.165, 1.54) is 6.20 Å². The van der Waals surface area contributed by atoms with Crippen molar-refractivity contribution in [3.05, 3.63) is 26.0 Å². The molecule has 0 unspecified atom stereocenters. The molecule has 1 aromatic rings. The molecule has 0 fully saturated rings. The molecule has 1 heterocycles. The number of rotatable bonds is 2.